The van der Waals surface area contributed by atoms with Gasteiger partial charge in [0.15, 0.2) is 0 Å². The van der Waals surface area contributed by atoms with Gasteiger partial charge < -0.3 is 25.0 Å². The number of nitrogens with zero attached hydrogens (tertiary/aromatic N) is 6. The van der Waals surface area contributed by atoms with Gasteiger partial charge in [-0.25, -0.2) is 23.1 Å². The number of H-pyrrole nitrogens is 1. The first-order chi connectivity index (χ1) is 20.1. The van der Waals surface area contributed by atoms with Gasteiger partial charge in [0.25, 0.3) is 12.3 Å². The molecule has 5 rings (SSSR count). The summed E-state index contributed by atoms with van der Waals surface area (Å²) in [6.45, 7) is 4.75. The van der Waals surface area contributed by atoms with E-state index in [4.69, 9.17) is 0 Å². The largest absolute Gasteiger partial charge is 0.367 e. The molecule has 42 heavy (non-hydrogen) atoms. The van der Waals surface area contributed by atoms with Gasteiger partial charge in [-0.2, -0.15) is 5.26 Å². The third kappa shape index (κ3) is 5.99. The van der Waals surface area contributed by atoms with Crippen LogP contribution in [-0.4, -0.2) is 71.6 Å². The zero-order valence-corrected chi connectivity index (χ0v) is 23.1. The number of nitriles is 1. The molecule has 1 aromatic carbocycles. The van der Waals surface area contributed by atoms with Gasteiger partial charge in [-0.1, -0.05) is 6.08 Å². The molecule has 0 unspecified atom stereocenters. The maximum Gasteiger partial charge on any atom is 0.264 e. The molecule has 13 heteroatoms. The number of pyridine rings is 1. The Labute approximate surface area is 240 Å². The number of hydrogen-bond donors (Lipinski definition) is 2. The fourth-order valence-electron chi connectivity index (χ4n) is 5.21. The smallest absolute Gasteiger partial charge is 0.264 e. The lowest BCUT2D eigenvalue weighted by Crippen LogP contribution is -2.50. The van der Waals surface area contributed by atoms with Crippen LogP contribution in [0.3, 0.4) is 0 Å². The Kier molecular flexibility index (Phi) is 8.26. The van der Waals surface area contributed by atoms with Gasteiger partial charge in [-0.3, -0.25) is 9.59 Å². The van der Waals surface area contributed by atoms with Crippen LogP contribution in [0.2, 0.25) is 0 Å². The second-order valence-corrected chi connectivity index (χ2v) is 10.3. The highest BCUT2D eigenvalue weighted by Gasteiger charge is 2.27. The number of halogens is 3. The molecule has 2 aromatic heterocycles. The van der Waals surface area contributed by atoms with Crippen molar-refractivity contribution >= 4 is 28.7 Å². The summed E-state index contributed by atoms with van der Waals surface area (Å²) in [5.41, 5.74) is -0.263. The van der Waals surface area contributed by atoms with Crippen molar-refractivity contribution in [1.82, 2.24) is 19.9 Å². The number of hydrogen-bond acceptors (Lipinski definition) is 8. The number of rotatable bonds is 6. The van der Waals surface area contributed by atoms with Crippen LogP contribution in [0.15, 0.2) is 47.5 Å². The summed E-state index contributed by atoms with van der Waals surface area (Å²) in [6, 6.07) is 7.33. The topological polar surface area (TPSA) is 121 Å². The zero-order chi connectivity index (χ0) is 30.0. The molecular weight excluding hydrogens is 549 g/mol. The second kappa shape index (κ2) is 12.0. The minimum Gasteiger partial charge on any atom is -0.367 e. The molecule has 4 heterocycles. The number of aromatic nitrogens is 3. The highest BCUT2D eigenvalue weighted by atomic mass is 19.3. The van der Waals surface area contributed by atoms with Crippen molar-refractivity contribution in [2.24, 2.45) is 0 Å². The maximum absolute atomic E-state index is 15.8. The number of carbonyl (C=O) groups is 1. The Bertz CT molecular complexity index is 1630. The highest BCUT2D eigenvalue weighted by Crippen LogP contribution is 2.36. The van der Waals surface area contributed by atoms with Crippen LogP contribution in [0.4, 0.5) is 30.4 Å². The minimum atomic E-state index is -3.04. The van der Waals surface area contributed by atoms with Crippen molar-refractivity contribution in [3.8, 4) is 6.07 Å². The quantitative estimate of drug-likeness (QED) is 0.453. The summed E-state index contributed by atoms with van der Waals surface area (Å²) in [4.78, 5) is 41.5. The molecule has 0 aliphatic carbocycles. The van der Waals surface area contributed by atoms with Crippen LogP contribution in [0.5, 0.6) is 0 Å². The van der Waals surface area contributed by atoms with E-state index in [1.807, 2.05) is 35.9 Å². The van der Waals surface area contributed by atoms with Crippen molar-refractivity contribution < 1.29 is 18.0 Å². The number of anilines is 3. The van der Waals surface area contributed by atoms with Gasteiger partial charge in [0.2, 0.25) is 11.4 Å². The van der Waals surface area contributed by atoms with Crippen molar-refractivity contribution in [2.75, 3.05) is 54.9 Å². The van der Waals surface area contributed by atoms with E-state index < -0.39 is 29.3 Å². The first-order valence-electron chi connectivity index (χ1n) is 13.4. The molecule has 10 nitrogen and oxygen atoms in total. The third-order valence-electron chi connectivity index (χ3n) is 7.63. The molecule has 2 aliphatic rings. The van der Waals surface area contributed by atoms with Gasteiger partial charge in [-0.05, 0) is 44.2 Å². The molecule has 2 aliphatic heterocycles. The molecule has 0 saturated carbocycles. The zero-order valence-electron chi connectivity index (χ0n) is 23.1. The van der Waals surface area contributed by atoms with Gasteiger partial charge in [0, 0.05) is 68.4 Å². The normalized spacial score (nSPS) is 17.6. The first-order valence-corrected chi connectivity index (χ1v) is 13.4. The Morgan fingerprint density at radius 3 is 2.76 bits per heavy atom. The Hall–Kier alpha value is -4.70. The van der Waals surface area contributed by atoms with Crippen molar-refractivity contribution in [1.29, 1.82) is 5.26 Å². The lowest BCUT2D eigenvalue weighted by molar-refractivity contribution is 0.101. The SMILES string of the molecule is C[C@@H]1CN(c2cc(F)c(C3=CCCN(c4ccnc(C#N)n4)C3)cc2NC(=O)c2c[nH]c(=O)cc2C(F)F)CCN1C. The van der Waals surface area contributed by atoms with Gasteiger partial charge in [0.05, 0.1) is 16.9 Å². The van der Waals surface area contributed by atoms with E-state index in [0.717, 1.165) is 6.20 Å². The average molecular weight is 579 g/mol. The summed E-state index contributed by atoms with van der Waals surface area (Å²) in [5.74, 6) is -0.801. The van der Waals surface area contributed by atoms with E-state index in [1.54, 1.807) is 6.07 Å². The Morgan fingerprint density at radius 1 is 1.21 bits per heavy atom. The fourth-order valence-corrected chi connectivity index (χ4v) is 5.21. The number of piperazine rings is 1. The molecule has 1 atom stereocenters. The van der Waals surface area contributed by atoms with E-state index in [9.17, 15) is 23.6 Å². The molecule has 1 saturated heterocycles. The standard InChI is InChI=1S/C29H29F3N8O2/c1-17-15-39(9-8-38(17)2)24-12-22(30)19(18-4-3-7-40(16-18)26-5-6-34-25(13-33)37-26)10-23(24)36-29(42)21-14-35-27(41)11-20(21)28(31)32/h4-6,10-12,14,17,28H,3,7-9,15-16H2,1-2H3,(H,35,41)(H,36,42)/t17-/m1/s1. The molecule has 1 amide bonds. The number of amides is 1. The number of likely N-dealkylation sites (N-methyl/N-ethyl adjacent to an activating group) is 1. The average Bonchev–Trinajstić information content (AvgIpc) is 2.99. The van der Waals surface area contributed by atoms with E-state index >= 15 is 4.39 Å². The summed E-state index contributed by atoms with van der Waals surface area (Å²) < 4.78 is 43.3. The number of benzene rings is 1. The molecular formula is C29H29F3N8O2. The predicted molar refractivity (Wildman–Crippen MR) is 152 cm³/mol. The summed E-state index contributed by atoms with van der Waals surface area (Å²) in [6.07, 6.45) is 1.89. The summed E-state index contributed by atoms with van der Waals surface area (Å²) in [7, 11) is 1.99. The van der Waals surface area contributed by atoms with Crippen LogP contribution in [0, 0.1) is 17.1 Å². The van der Waals surface area contributed by atoms with E-state index in [0.29, 0.717) is 55.7 Å². The lowest BCUT2D eigenvalue weighted by Gasteiger charge is -2.40. The molecule has 3 aromatic rings. The van der Waals surface area contributed by atoms with Crippen LogP contribution in [-0.2, 0) is 0 Å². The van der Waals surface area contributed by atoms with Gasteiger partial charge >= 0.3 is 0 Å². The van der Waals surface area contributed by atoms with E-state index in [1.165, 1.54) is 18.3 Å². The number of nitrogens with one attached hydrogen (secondary N) is 2. The number of aromatic amines is 1. The number of alkyl halides is 2. The monoisotopic (exact) mass is 578 g/mol. The Morgan fingerprint density at radius 2 is 2.02 bits per heavy atom. The van der Waals surface area contributed by atoms with Gasteiger partial charge in [-0.15, -0.1) is 0 Å². The summed E-state index contributed by atoms with van der Waals surface area (Å²) in [5, 5.41) is 11.9. The van der Waals surface area contributed by atoms with E-state index in [-0.39, 0.29) is 35.2 Å². The van der Waals surface area contributed by atoms with Crippen LogP contribution < -0.4 is 20.7 Å². The van der Waals surface area contributed by atoms with Crippen molar-refractivity contribution in [3.05, 3.63) is 81.4 Å². The molecule has 2 N–H and O–H groups in total. The fraction of sp³-hybridized carbons (Fsp3) is 0.345. The second-order valence-electron chi connectivity index (χ2n) is 10.3. The number of carbonyl (C=O) groups excluding carboxylic acids is 1. The molecule has 0 bridgehead atoms. The molecule has 0 radical (unpaired) electrons. The lowest BCUT2D eigenvalue weighted by atomic mass is 9.98. The van der Waals surface area contributed by atoms with E-state index in [2.05, 4.69) is 25.2 Å². The van der Waals surface area contributed by atoms with Crippen molar-refractivity contribution in [2.45, 2.75) is 25.8 Å². The maximum atomic E-state index is 15.8. The summed E-state index contributed by atoms with van der Waals surface area (Å²) >= 11 is 0. The first kappa shape index (κ1) is 28.8. The molecule has 218 valence electrons. The van der Waals surface area contributed by atoms with Crippen LogP contribution in [0.1, 0.15) is 47.1 Å². The highest BCUT2D eigenvalue weighted by molar-refractivity contribution is 6.07. The van der Waals surface area contributed by atoms with Crippen LogP contribution in [0.25, 0.3) is 5.57 Å². The minimum absolute atomic E-state index is 0.0240. The third-order valence-corrected chi connectivity index (χ3v) is 7.63. The molecule has 1 fully saturated rings. The molecule has 0 spiro atoms. The Balaban J connectivity index is 1.52. The van der Waals surface area contributed by atoms with Crippen molar-refractivity contribution in [3.63, 3.8) is 0 Å². The predicted octanol–water partition coefficient (Wildman–Crippen LogP) is 3.80. The van der Waals surface area contributed by atoms with Crippen LogP contribution >= 0.6 is 0 Å². The van der Waals surface area contributed by atoms with Gasteiger partial charge in [0.1, 0.15) is 17.7 Å².